The van der Waals surface area contributed by atoms with Crippen LogP contribution in [0, 0.1) is 40.9 Å². The molecule has 0 saturated heterocycles. The van der Waals surface area contributed by atoms with E-state index < -0.39 is 0 Å². The van der Waals surface area contributed by atoms with Gasteiger partial charge in [0.25, 0.3) is 0 Å². The third-order valence-corrected chi connectivity index (χ3v) is 8.59. The minimum Gasteiger partial charge on any atom is -0.396 e. The molecule has 4 unspecified atom stereocenters. The van der Waals surface area contributed by atoms with Crippen LogP contribution in [0.4, 0.5) is 0 Å². The summed E-state index contributed by atoms with van der Waals surface area (Å²) in [5.74, 6) is 5.77. The Bertz CT molecular complexity index is 472. The molecule has 24 heavy (non-hydrogen) atoms. The van der Waals surface area contributed by atoms with Crippen LogP contribution in [-0.2, 0) is 0 Å². The summed E-state index contributed by atoms with van der Waals surface area (Å²) in [6.07, 6.45) is 18.4. The maximum atomic E-state index is 9.34. The van der Waals surface area contributed by atoms with E-state index in [1.165, 1.54) is 51.4 Å². The summed E-state index contributed by atoms with van der Waals surface area (Å²) in [4.78, 5) is 0. The summed E-state index contributed by atoms with van der Waals surface area (Å²) < 4.78 is 0. The van der Waals surface area contributed by atoms with E-state index >= 15 is 0 Å². The lowest BCUT2D eigenvalue weighted by Gasteiger charge is -2.56. The number of hydrogen-bond acceptors (Lipinski definition) is 1. The van der Waals surface area contributed by atoms with Crippen LogP contribution in [0.1, 0.15) is 84.5 Å². The molecule has 4 atom stereocenters. The normalized spacial score (nSPS) is 44.7. The molecule has 1 heteroatoms. The smallest absolute Gasteiger partial charge is 0.0434 e. The van der Waals surface area contributed by atoms with Crippen LogP contribution in [0.15, 0.2) is 11.6 Å². The minimum absolute atomic E-state index is 0.352. The SMILES string of the molecule is CC(C)C1CCC2(C=C1CCCO)CCC1CCCC1C1CC2C1. The predicted molar refractivity (Wildman–Crippen MR) is 101 cm³/mol. The zero-order valence-corrected chi connectivity index (χ0v) is 16.0. The summed E-state index contributed by atoms with van der Waals surface area (Å²) in [7, 11) is 0. The lowest BCUT2D eigenvalue weighted by Crippen LogP contribution is -2.46. The molecule has 136 valence electrons. The fraction of sp³-hybridized carbons (Fsp3) is 0.913. The highest BCUT2D eigenvalue weighted by molar-refractivity contribution is 5.21. The van der Waals surface area contributed by atoms with E-state index in [9.17, 15) is 5.11 Å². The lowest BCUT2D eigenvalue weighted by molar-refractivity contribution is -0.0221. The van der Waals surface area contributed by atoms with Gasteiger partial charge in [0.15, 0.2) is 0 Å². The highest BCUT2D eigenvalue weighted by Gasteiger charge is 2.52. The Kier molecular flexibility index (Phi) is 4.84. The van der Waals surface area contributed by atoms with Gasteiger partial charge in [-0.05, 0) is 98.7 Å². The van der Waals surface area contributed by atoms with E-state index in [2.05, 4.69) is 19.9 Å². The fourth-order valence-corrected chi connectivity index (χ4v) is 7.16. The summed E-state index contributed by atoms with van der Waals surface area (Å²) >= 11 is 0. The molecule has 0 amide bonds. The van der Waals surface area contributed by atoms with Crippen LogP contribution in [0.2, 0.25) is 0 Å². The van der Waals surface area contributed by atoms with Gasteiger partial charge >= 0.3 is 0 Å². The average molecular weight is 331 g/mol. The Morgan fingerprint density at radius 1 is 1.08 bits per heavy atom. The predicted octanol–water partition coefficient (Wildman–Crippen LogP) is 5.97. The van der Waals surface area contributed by atoms with Crippen LogP contribution in [-0.4, -0.2) is 11.7 Å². The zero-order chi connectivity index (χ0) is 16.7. The number of allylic oxidation sites excluding steroid dienone is 2. The number of hydrogen-bond donors (Lipinski definition) is 1. The van der Waals surface area contributed by atoms with Crippen LogP contribution >= 0.6 is 0 Å². The van der Waals surface area contributed by atoms with Crippen molar-refractivity contribution < 1.29 is 5.11 Å². The Balaban J connectivity index is 1.57. The van der Waals surface area contributed by atoms with Gasteiger partial charge in [-0.3, -0.25) is 0 Å². The van der Waals surface area contributed by atoms with Gasteiger partial charge in [-0.25, -0.2) is 0 Å². The van der Waals surface area contributed by atoms with E-state index in [1.54, 1.807) is 12.0 Å². The van der Waals surface area contributed by atoms with Gasteiger partial charge in [0.1, 0.15) is 0 Å². The van der Waals surface area contributed by atoms with Crippen molar-refractivity contribution in [3.8, 4) is 0 Å². The molecular formula is C23H38O. The van der Waals surface area contributed by atoms with Crippen molar-refractivity contribution >= 4 is 0 Å². The van der Waals surface area contributed by atoms with Crippen LogP contribution in [0.3, 0.4) is 0 Å². The first-order valence-corrected chi connectivity index (χ1v) is 11.0. The third-order valence-electron chi connectivity index (χ3n) is 8.59. The lowest BCUT2D eigenvalue weighted by atomic mass is 9.49. The van der Waals surface area contributed by atoms with Crippen molar-refractivity contribution in [1.82, 2.24) is 0 Å². The topological polar surface area (TPSA) is 20.2 Å². The summed E-state index contributed by atoms with van der Waals surface area (Å²) in [5, 5.41) is 9.34. The van der Waals surface area contributed by atoms with Crippen LogP contribution < -0.4 is 0 Å². The first kappa shape index (κ1) is 17.1. The fourth-order valence-electron chi connectivity index (χ4n) is 7.16. The monoisotopic (exact) mass is 330 g/mol. The van der Waals surface area contributed by atoms with Crippen molar-refractivity contribution in [2.45, 2.75) is 84.5 Å². The first-order chi connectivity index (χ1) is 11.6. The molecule has 5 rings (SSSR count). The summed E-state index contributed by atoms with van der Waals surface area (Å²) in [6.45, 7) is 5.15. The zero-order valence-electron chi connectivity index (χ0n) is 16.0. The first-order valence-electron chi connectivity index (χ1n) is 11.0. The van der Waals surface area contributed by atoms with Gasteiger partial charge in [0.05, 0.1) is 0 Å². The minimum atomic E-state index is 0.352. The molecule has 4 saturated carbocycles. The number of fused-ring (bicyclic) bond motifs is 1. The molecule has 0 heterocycles. The molecule has 1 spiro atoms. The van der Waals surface area contributed by atoms with Gasteiger partial charge in [-0.2, -0.15) is 0 Å². The third kappa shape index (κ3) is 2.89. The maximum Gasteiger partial charge on any atom is 0.0434 e. The van der Waals surface area contributed by atoms with E-state index in [0.717, 1.165) is 48.3 Å². The maximum absolute atomic E-state index is 9.34. The standard InChI is InChI=1S/C23H38O/c1-16(2)21-9-11-23(15-18(21)6-4-12-24)10-8-17-5-3-7-22(17)19-13-20(23)14-19/h15-17,19-22,24H,3-14H2,1-2H3. The second kappa shape index (κ2) is 6.78. The van der Waals surface area contributed by atoms with E-state index in [0.29, 0.717) is 12.0 Å². The highest BCUT2D eigenvalue weighted by atomic mass is 16.2. The van der Waals surface area contributed by atoms with Gasteiger partial charge < -0.3 is 5.11 Å². The summed E-state index contributed by atoms with van der Waals surface area (Å²) in [6, 6.07) is 0. The molecule has 4 fully saturated rings. The number of rotatable bonds is 4. The van der Waals surface area contributed by atoms with E-state index in [1.807, 2.05) is 0 Å². The molecule has 0 aromatic rings. The summed E-state index contributed by atoms with van der Waals surface area (Å²) in [5.41, 5.74) is 2.26. The van der Waals surface area contributed by atoms with Crippen molar-refractivity contribution in [2.75, 3.05) is 6.61 Å². The van der Waals surface area contributed by atoms with Crippen molar-refractivity contribution in [1.29, 1.82) is 0 Å². The van der Waals surface area contributed by atoms with E-state index in [-0.39, 0.29) is 0 Å². The molecule has 0 radical (unpaired) electrons. The van der Waals surface area contributed by atoms with Crippen molar-refractivity contribution in [2.24, 2.45) is 40.9 Å². The molecule has 0 aliphatic heterocycles. The van der Waals surface area contributed by atoms with Crippen LogP contribution in [0.5, 0.6) is 0 Å². The van der Waals surface area contributed by atoms with Gasteiger partial charge in [-0.15, -0.1) is 0 Å². The molecule has 5 aliphatic rings. The Labute approximate surface area is 149 Å². The van der Waals surface area contributed by atoms with Gasteiger partial charge in [-0.1, -0.05) is 38.3 Å². The highest BCUT2D eigenvalue weighted by Crippen LogP contribution is 2.62. The quantitative estimate of drug-likeness (QED) is 0.629. The molecule has 0 aromatic carbocycles. The largest absolute Gasteiger partial charge is 0.396 e. The average Bonchev–Trinajstić information content (AvgIpc) is 2.95. The number of aliphatic hydroxyl groups excluding tert-OH is 1. The Hall–Kier alpha value is -0.300. The van der Waals surface area contributed by atoms with Gasteiger partial charge in [0.2, 0.25) is 0 Å². The van der Waals surface area contributed by atoms with Crippen LogP contribution in [0.25, 0.3) is 0 Å². The Morgan fingerprint density at radius 2 is 1.88 bits per heavy atom. The number of aliphatic hydroxyl groups is 1. The molecular weight excluding hydrogens is 292 g/mol. The second-order valence-corrected chi connectivity index (χ2v) is 9.99. The molecule has 1 nitrogen and oxygen atoms in total. The van der Waals surface area contributed by atoms with Crippen molar-refractivity contribution in [3.63, 3.8) is 0 Å². The molecule has 0 aromatic heterocycles. The Morgan fingerprint density at radius 3 is 2.62 bits per heavy atom. The second-order valence-electron chi connectivity index (χ2n) is 9.99. The molecule has 2 bridgehead atoms. The van der Waals surface area contributed by atoms with Crippen molar-refractivity contribution in [3.05, 3.63) is 11.6 Å². The van der Waals surface area contributed by atoms with Gasteiger partial charge in [0, 0.05) is 6.61 Å². The van der Waals surface area contributed by atoms with E-state index in [4.69, 9.17) is 0 Å². The molecule has 1 N–H and O–H groups in total. The molecule has 5 aliphatic carbocycles.